The molecule has 6 nitrogen and oxygen atoms in total. The predicted molar refractivity (Wildman–Crippen MR) is 91.5 cm³/mol. The molecule has 23 heavy (non-hydrogen) atoms. The van der Waals surface area contributed by atoms with Gasteiger partial charge in [-0.2, -0.15) is 0 Å². The predicted octanol–water partition coefficient (Wildman–Crippen LogP) is 3.29. The van der Waals surface area contributed by atoms with Crippen LogP contribution in [0.1, 0.15) is 49.9 Å². The van der Waals surface area contributed by atoms with Gasteiger partial charge in [-0.1, -0.05) is 13.3 Å². The van der Waals surface area contributed by atoms with Crippen molar-refractivity contribution >= 4 is 28.0 Å². The summed E-state index contributed by atoms with van der Waals surface area (Å²) >= 11 is 0. The molecule has 126 valence electrons. The maximum atomic E-state index is 12.0. The first-order valence-electron chi connectivity index (χ1n) is 7.85. The molecule has 1 saturated carbocycles. The van der Waals surface area contributed by atoms with E-state index in [0.717, 1.165) is 25.7 Å². The number of carbonyl (C=O) groups excluding carboxylic acids is 1. The van der Waals surface area contributed by atoms with E-state index in [2.05, 4.69) is 5.32 Å². The molecule has 0 aromatic heterocycles. The quantitative estimate of drug-likeness (QED) is 0.488. The summed E-state index contributed by atoms with van der Waals surface area (Å²) in [6.45, 7) is 3.30. The number of ketones is 1. The fourth-order valence-corrected chi connectivity index (χ4v) is 4.34. The summed E-state index contributed by atoms with van der Waals surface area (Å²) in [7, 11) is -0.835. The molecule has 1 N–H and O–H groups in total. The fourth-order valence-electron chi connectivity index (χ4n) is 2.99. The summed E-state index contributed by atoms with van der Waals surface area (Å²) in [5.74, 6) is 0.445. The van der Waals surface area contributed by atoms with Gasteiger partial charge in [-0.25, -0.2) is 0 Å². The molecule has 1 aliphatic rings. The Morgan fingerprint density at radius 2 is 2.17 bits per heavy atom. The highest BCUT2D eigenvalue weighted by Gasteiger charge is 2.27. The molecule has 1 fully saturated rings. The molecular weight excluding hydrogens is 316 g/mol. The average Bonchev–Trinajstić information content (AvgIpc) is 2.54. The van der Waals surface area contributed by atoms with Crippen LogP contribution in [0.4, 0.5) is 11.4 Å². The number of nitro groups is 1. The van der Waals surface area contributed by atoms with Crippen LogP contribution < -0.4 is 5.32 Å². The molecular formula is C16H22N2O4S. The number of rotatable bonds is 6. The second-order valence-corrected chi connectivity index (χ2v) is 7.85. The second-order valence-electron chi connectivity index (χ2n) is 5.84. The molecule has 0 saturated heterocycles. The number of benzene rings is 1. The van der Waals surface area contributed by atoms with E-state index < -0.39 is 15.7 Å². The molecule has 1 aromatic rings. The standard InChI is InChI=1S/C16H22N2O4S/c1-3-23(22)14-6-4-5-13(10-14)17-15-8-7-12(11(2)19)9-16(15)18(20)21/h7-9,13-14,17H,3-6,10H2,1-2H3/t13-,14-,23-/m0/s1. The zero-order valence-electron chi connectivity index (χ0n) is 13.4. The Hall–Kier alpha value is -1.76. The third-order valence-corrected chi connectivity index (χ3v) is 5.98. The van der Waals surface area contributed by atoms with Crippen molar-refractivity contribution < 1.29 is 13.9 Å². The van der Waals surface area contributed by atoms with Crippen molar-refractivity contribution in [1.29, 1.82) is 0 Å². The summed E-state index contributed by atoms with van der Waals surface area (Å²) < 4.78 is 12.0. The molecule has 1 aliphatic carbocycles. The lowest BCUT2D eigenvalue weighted by atomic mass is 9.94. The minimum absolute atomic E-state index is 0.0751. The van der Waals surface area contributed by atoms with Crippen LogP contribution >= 0.6 is 0 Å². The third kappa shape index (κ3) is 4.37. The Morgan fingerprint density at radius 3 is 2.78 bits per heavy atom. The number of Topliss-reactive ketones (excluding diaryl/α,β-unsaturated/α-hetero) is 1. The van der Waals surface area contributed by atoms with Gasteiger partial charge in [0.2, 0.25) is 0 Å². The van der Waals surface area contributed by atoms with Crippen molar-refractivity contribution in [3.05, 3.63) is 33.9 Å². The SMILES string of the molecule is CC[S@](=O)[C@H]1CCC[C@H](Nc2ccc(C(C)=O)cc2[N+](=O)[O-])C1. The first-order chi connectivity index (χ1) is 10.9. The molecule has 2 rings (SSSR count). The molecule has 0 heterocycles. The van der Waals surface area contributed by atoms with E-state index in [-0.39, 0.29) is 22.8 Å². The van der Waals surface area contributed by atoms with Crippen LogP contribution in [0.5, 0.6) is 0 Å². The summed E-state index contributed by atoms with van der Waals surface area (Å²) in [6.07, 6.45) is 3.58. The molecule has 0 bridgehead atoms. The maximum Gasteiger partial charge on any atom is 0.293 e. The highest BCUT2D eigenvalue weighted by atomic mass is 32.2. The van der Waals surface area contributed by atoms with E-state index in [0.29, 0.717) is 17.0 Å². The van der Waals surface area contributed by atoms with Crippen molar-refractivity contribution in [2.24, 2.45) is 0 Å². The number of anilines is 1. The molecule has 0 unspecified atom stereocenters. The zero-order chi connectivity index (χ0) is 17.0. The first-order valence-corrected chi connectivity index (χ1v) is 9.23. The van der Waals surface area contributed by atoms with Crippen LogP contribution in [-0.4, -0.2) is 32.0 Å². The Bertz CT molecular complexity index is 633. The first kappa shape index (κ1) is 17.6. The topological polar surface area (TPSA) is 89.3 Å². The highest BCUT2D eigenvalue weighted by Crippen LogP contribution is 2.30. The van der Waals surface area contributed by atoms with E-state index >= 15 is 0 Å². The van der Waals surface area contributed by atoms with Crippen molar-refractivity contribution in [3.63, 3.8) is 0 Å². The van der Waals surface area contributed by atoms with E-state index in [9.17, 15) is 19.1 Å². The molecule has 0 amide bonds. The van der Waals surface area contributed by atoms with Crippen molar-refractivity contribution in [2.45, 2.75) is 50.8 Å². The number of nitro benzene ring substituents is 1. The van der Waals surface area contributed by atoms with Gasteiger partial charge in [-0.3, -0.25) is 19.1 Å². The highest BCUT2D eigenvalue weighted by molar-refractivity contribution is 7.85. The summed E-state index contributed by atoms with van der Waals surface area (Å²) in [5, 5.41) is 14.6. The number of nitrogens with zero attached hydrogens (tertiary/aromatic N) is 1. The van der Waals surface area contributed by atoms with Crippen molar-refractivity contribution in [1.82, 2.24) is 0 Å². The Morgan fingerprint density at radius 1 is 1.43 bits per heavy atom. The third-order valence-electron chi connectivity index (χ3n) is 4.24. The molecule has 7 heteroatoms. The van der Waals surface area contributed by atoms with Crippen molar-refractivity contribution in [3.8, 4) is 0 Å². The van der Waals surface area contributed by atoms with Crippen LogP contribution in [-0.2, 0) is 10.8 Å². The molecule has 1 aromatic carbocycles. The maximum absolute atomic E-state index is 12.0. The van der Waals surface area contributed by atoms with Gasteiger partial charge < -0.3 is 5.32 Å². The van der Waals surface area contributed by atoms with Crippen LogP contribution in [0.3, 0.4) is 0 Å². The van der Waals surface area contributed by atoms with Gasteiger partial charge in [0.25, 0.3) is 5.69 Å². The van der Waals surface area contributed by atoms with Gasteiger partial charge in [-0.15, -0.1) is 0 Å². The monoisotopic (exact) mass is 338 g/mol. The van der Waals surface area contributed by atoms with E-state index in [1.807, 2.05) is 6.92 Å². The van der Waals surface area contributed by atoms with Crippen LogP contribution in [0.25, 0.3) is 0 Å². The lowest BCUT2D eigenvalue weighted by Gasteiger charge is -2.29. The number of hydrogen-bond acceptors (Lipinski definition) is 5. The lowest BCUT2D eigenvalue weighted by Crippen LogP contribution is -2.33. The van der Waals surface area contributed by atoms with Gasteiger partial charge in [0.1, 0.15) is 5.69 Å². The van der Waals surface area contributed by atoms with Gasteiger partial charge in [0, 0.05) is 39.5 Å². The van der Waals surface area contributed by atoms with E-state index in [1.165, 1.54) is 13.0 Å². The zero-order valence-corrected chi connectivity index (χ0v) is 14.2. The van der Waals surface area contributed by atoms with Gasteiger partial charge in [0.15, 0.2) is 5.78 Å². The van der Waals surface area contributed by atoms with Crippen LogP contribution in [0, 0.1) is 10.1 Å². The van der Waals surface area contributed by atoms with Crippen LogP contribution in [0.15, 0.2) is 18.2 Å². The Kier molecular flexibility index (Phi) is 5.87. The number of hydrogen-bond donors (Lipinski definition) is 1. The molecule has 0 radical (unpaired) electrons. The van der Waals surface area contributed by atoms with Crippen LogP contribution in [0.2, 0.25) is 0 Å². The molecule has 3 atom stereocenters. The second kappa shape index (κ2) is 7.68. The average molecular weight is 338 g/mol. The largest absolute Gasteiger partial charge is 0.377 e. The van der Waals surface area contributed by atoms with E-state index in [4.69, 9.17) is 0 Å². The summed E-state index contributed by atoms with van der Waals surface area (Å²) in [5.41, 5.74) is 0.667. The molecule has 0 spiro atoms. The summed E-state index contributed by atoms with van der Waals surface area (Å²) in [6, 6.07) is 4.58. The van der Waals surface area contributed by atoms with Crippen molar-refractivity contribution in [2.75, 3.05) is 11.1 Å². The minimum atomic E-state index is -0.835. The lowest BCUT2D eigenvalue weighted by molar-refractivity contribution is -0.384. The van der Waals surface area contributed by atoms with Gasteiger partial charge >= 0.3 is 0 Å². The number of nitrogens with one attached hydrogen (secondary N) is 1. The Labute approximate surface area is 138 Å². The fraction of sp³-hybridized carbons (Fsp3) is 0.562. The smallest absolute Gasteiger partial charge is 0.293 e. The minimum Gasteiger partial charge on any atom is -0.377 e. The van der Waals surface area contributed by atoms with Gasteiger partial charge in [0.05, 0.1) is 4.92 Å². The Balaban J connectivity index is 2.17. The summed E-state index contributed by atoms with van der Waals surface area (Å²) in [4.78, 5) is 22.2. The normalized spacial score (nSPS) is 22.3. The number of carbonyl (C=O) groups is 1. The molecule has 0 aliphatic heterocycles. The van der Waals surface area contributed by atoms with E-state index in [1.54, 1.807) is 12.1 Å². The van der Waals surface area contributed by atoms with Gasteiger partial charge in [-0.05, 0) is 38.3 Å².